The van der Waals surface area contributed by atoms with Crippen LogP contribution in [0.4, 0.5) is 9.93 Å². The summed E-state index contributed by atoms with van der Waals surface area (Å²) in [5.41, 5.74) is 0.829. The van der Waals surface area contributed by atoms with Gasteiger partial charge in [-0.15, -0.1) is 11.3 Å². The number of carbonyl (C=O) groups is 1. The minimum absolute atomic E-state index is 0.264. The number of benzene rings is 1. The Kier molecular flexibility index (Phi) is 5.86. The normalized spacial score (nSPS) is 11.5. The van der Waals surface area contributed by atoms with Gasteiger partial charge in [0, 0.05) is 11.1 Å². The number of ether oxygens (including phenoxy) is 3. The summed E-state index contributed by atoms with van der Waals surface area (Å²) in [6.45, 7) is 3.80. The molecule has 2 amide bonds. The predicted molar refractivity (Wildman–Crippen MR) is 93.5 cm³/mol. The summed E-state index contributed by atoms with van der Waals surface area (Å²) in [4.78, 5) is 17.2. The topological polar surface area (TPSA) is 81.7 Å². The van der Waals surface area contributed by atoms with E-state index in [4.69, 9.17) is 14.2 Å². The van der Waals surface area contributed by atoms with E-state index in [0.717, 1.165) is 10.4 Å². The zero-order valence-corrected chi connectivity index (χ0v) is 15.1. The molecule has 2 rings (SSSR count). The summed E-state index contributed by atoms with van der Waals surface area (Å²) >= 11 is 1.42. The fourth-order valence-electron chi connectivity index (χ4n) is 2.18. The number of aryl methyl sites for hydroxylation is 1. The lowest BCUT2D eigenvalue weighted by Gasteiger charge is -2.18. The number of nitrogens with zero attached hydrogens (tertiary/aromatic N) is 1. The van der Waals surface area contributed by atoms with E-state index in [9.17, 15) is 4.79 Å². The molecule has 0 aliphatic heterocycles. The smallest absolute Gasteiger partial charge is 0.321 e. The zero-order chi connectivity index (χ0) is 17.7. The second kappa shape index (κ2) is 7.87. The van der Waals surface area contributed by atoms with Gasteiger partial charge in [0.05, 0.1) is 27.4 Å². The molecule has 7 nitrogen and oxygen atoms in total. The molecule has 2 N–H and O–H groups in total. The number of hydrogen-bond donors (Lipinski definition) is 2. The highest BCUT2D eigenvalue weighted by atomic mass is 32.1. The number of methoxy groups -OCH3 is 3. The Morgan fingerprint density at radius 2 is 1.79 bits per heavy atom. The first kappa shape index (κ1) is 17.9. The largest absolute Gasteiger partial charge is 0.493 e. The van der Waals surface area contributed by atoms with Crippen LogP contribution < -0.4 is 24.8 Å². The van der Waals surface area contributed by atoms with Gasteiger partial charge in [0.2, 0.25) is 5.75 Å². The van der Waals surface area contributed by atoms with Crippen LogP contribution in [0.25, 0.3) is 0 Å². The molecule has 8 heteroatoms. The molecule has 0 saturated heterocycles. The third kappa shape index (κ3) is 4.08. The molecule has 1 aromatic carbocycles. The number of hydrogen-bond acceptors (Lipinski definition) is 6. The van der Waals surface area contributed by atoms with Crippen LogP contribution in [0.1, 0.15) is 23.4 Å². The highest BCUT2D eigenvalue weighted by molar-refractivity contribution is 7.15. The Labute approximate surface area is 145 Å². The van der Waals surface area contributed by atoms with Crippen molar-refractivity contribution >= 4 is 22.5 Å². The second-order valence-electron chi connectivity index (χ2n) is 5.05. The highest BCUT2D eigenvalue weighted by Crippen LogP contribution is 2.39. The summed E-state index contributed by atoms with van der Waals surface area (Å²) in [6, 6.07) is 3.02. The van der Waals surface area contributed by atoms with Crippen molar-refractivity contribution in [1.82, 2.24) is 10.3 Å². The quantitative estimate of drug-likeness (QED) is 0.834. The fraction of sp³-hybridized carbons (Fsp3) is 0.375. The number of anilines is 1. The molecule has 0 radical (unpaired) electrons. The Hall–Kier alpha value is -2.48. The molecular formula is C16H21N3O4S. The van der Waals surface area contributed by atoms with Gasteiger partial charge < -0.3 is 19.5 Å². The predicted octanol–water partition coefficient (Wildman–Crippen LogP) is 3.36. The van der Waals surface area contributed by atoms with Gasteiger partial charge >= 0.3 is 6.03 Å². The van der Waals surface area contributed by atoms with Gasteiger partial charge in [0.15, 0.2) is 16.6 Å². The average molecular weight is 351 g/mol. The number of amides is 2. The van der Waals surface area contributed by atoms with Gasteiger partial charge in [-0.3, -0.25) is 5.32 Å². The lowest BCUT2D eigenvalue weighted by molar-refractivity contribution is 0.249. The molecule has 24 heavy (non-hydrogen) atoms. The maximum Gasteiger partial charge on any atom is 0.321 e. The molecule has 1 aromatic heterocycles. The maximum absolute atomic E-state index is 12.1. The van der Waals surface area contributed by atoms with E-state index in [2.05, 4.69) is 15.6 Å². The Morgan fingerprint density at radius 1 is 1.17 bits per heavy atom. The van der Waals surface area contributed by atoms with Gasteiger partial charge in [-0.25, -0.2) is 9.78 Å². The van der Waals surface area contributed by atoms with Crippen LogP contribution in [0.5, 0.6) is 17.2 Å². The van der Waals surface area contributed by atoms with Crippen molar-refractivity contribution in [3.8, 4) is 17.2 Å². The molecule has 0 bridgehead atoms. The van der Waals surface area contributed by atoms with E-state index < -0.39 is 0 Å². The molecule has 0 spiro atoms. The van der Waals surface area contributed by atoms with Crippen LogP contribution in [-0.2, 0) is 0 Å². The number of thiazole rings is 1. The van der Waals surface area contributed by atoms with Gasteiger partial charge in [-0.2, -0.15) is 0 Å². The Balaban J connectivity index is 2.13. The van der Waals surface area contributed by atoms with Crippen molar-refractivity contribution in [2.24, 2.45) is 0 Å². The molecular weight excluding hydrogens is 330 g/mol. The summed E-state index contributed by atoms with van der Waals surface area (Å²) in [5.74, 6) is 1.59. The van der Waals surface area contributed by atoms with Gasteiger partial charge in [-0.05, 0) is 31.5 Å². The molecule has 0 aliphatic carbocycles. The lowest BCUT2D eigenvalue weighted by Crippen LogP contribution is -2.31. The van der Waals surface area contributed by atoms with Crippen molar-refractivity contribution in [1.29, 1.82) is 0 Å². The van der Waals surface area contributed by atoms with Crippen LogP contribution in [0, 0.1) is 6.92 Å². The lowest BCUT2D eigenvalue weighted by atomic mass is 10.1. The van der Waals surface area contributed by atoms with E-state index >= 15 is 0 Å². The first-order valence-electron chi connectivity index (χ1n) is 7.28. The van der Waals surface area contributed by atoms with Crippen LogP contribution in [0.15, 0.2) is 18.3 Å². The minimum atomic E-state index is -0.328. The molecule has 1 atom stereocenters. The van der Waals surface area contributed by atoms with Crippen molar-refractivity contribution < 1.29 is 19.0 Å². The summed E-state index contributed by atoms with van der Waals surface area (Å²) < 4.78 is 16.0. The van der Waals surface area contributed by atoms with Crippen LogP contribution in [0.3, 0.4) is 0 Å². The minimum Gasteiger partial charge on any atom is -0.493 e. The number of aromatic nitrogens is 1. The Bertz CT molecular complexity index is 692. The number of rotatable bonds is 6. The van der Waals surface area contributed by atoms with E-state index in [1.807, 2.05) is 13.8 Å². The van der Waals surface area contributed by atoms with Crippen LogP contribution >= 0.6 is 11.3 Å². The second-order valence-corrected chi connectivity index (χ2v) is 6.29. The first-order valence-corrected chi connectivity index (χ1v) is 8.10. The Morgan fingerprint density at radius 3 is 2.25 bits per heavy atom. The van der Waals surface area contributed by atoms with E-state index in [0.29, 0.717) is 22.4 Å². The summed E-state index contributed by atoms with van der Waals surface area (Å²) in [7, 11) is 4.65. The van der Waals surface area contributed by atoms with Gasteiger partial charge in [-0.1, -0.05) is 0 Å². The van der Waals surface area contributed by atoms with Crippen LogP contribution in [0.2, 0.25) is 0 Å². The third-order valence-electron chi connectivity index (χ3n) is 3.38. The monoisotopic (exact) mass is 351 g/mol. The molecule has 0 aliphatic rings. The molecule has 0 fully saturated rings. The van der Waals surface area contributed by atoms with Crippen LogP contribution in [-0.4, -0.2) is 32.3 Å². The van der Waals surface area contributed by atoms with Crippen molar-refractivity contribution in [3.05, 3.63) is 28.8 Å². The molecule has 0 saturated carbocycles. The number of carbonyl (C=O) groups excluding carboxylic acids is 1. The molecule has 130 valence electrons. The van der Waals surface area contributed by atoms with Gasteiger partial charge in [0.25, 0.3) is 0 Å². The number of nitrogens with one attached hydrogen (secondary N) is 2. The first-order chi connectivity index (χ1) is 11.5. The molecule has 1 unspecified atom stereocenters. The fourth-order valence-corrected chi connectivity index (χ4v) is 2.84. The average Bonchev–Trinajstić information content (AvgIpc) is 2.97. The summed E-state index contributed by atoms with van der Waals surface area (Å²) in [5, 5.41) is 6.13. The third-order valence-corrected chi connectivity index (χ3v) is 4.20. The standard InChI is InChI=1S/C16H21N3O4S/c1-9-8-17-16(24-9)19-15(20)18-10(2)11-6-12(21-3)14(23-5)13(7-11)22-4/h6-8,10H,1-5H3,(H2,17,18,19,20). The van der Waals surface area contributed by atoms with E-state index in [1.165, 1.54) is 11.3 Å². The summed E-state index contributed by atoms with van der Waals surface area (Å²) in [6.07, 6.45) is 1.71. The number of urea groups is 1. The molecule has 1 heterocycles. The maximum atomic E-state index is 12.1. The van der Waals surface area contributed by atoms with Gasteiger partial charge in [0.1, 0.15) is 0 Å². The highest BCUT2D eigenvalue weighted by Gasteiger charge is 2.18. The van der Waals surface area contributed by atoms with Crippen molar-refractivity contribution in [2.45, 2.75) is 19.9 Å². The van der Waals surface area contributed by atoms with E-state index in [1.54, 1.807) is 39.7 Å². The molecule has 2 aromatic rings. The zero-order valence-electron chi connectivity index (χ0n) is 14.3. The SMILES string of the molecule is COc1cc(C(C)NC(=O)Nc2ncc(C)s2)cc(OC)c1OC. The van der Waals surface area contributed by atoms with Crippen molar-refractivity contribution in [2.75, 3.05) is 26.6 Å². The van der Waals surface area contributed by atoms with E-state index in [-0.39, 0.29) is 12.1 Å². The van der Waals surface area contributed by atoms with Crippen molar-refractivity contribution in [3.63, 3.8) is 0 Å².